The van der Waals surface area contributed by atoms with E-state index in [-0.39, 0.29) is 36.6 Å². The van der Waals surface area contributed by atoms with E-state index in [1.54, 1.807) is 6.20 Å². The van der Waals surface area contributed by atoms with Crippen LogP contribution in [0.15, 0.2) is 18.3 Å². The van der Waals surface area contributed by atoms with Crippen molar-refractivity contribution in [2.75, 3.05) is 32.2 Å². The third-order valence-electron chi connectivity index (χ3n) is 3.81. The first-order chi connectivity index (χ1) is 10.1. The molecule has 1 unspecified atom stereocenters. The molecule has 0 saturated carbocycles. The number of ether oxygens (including phenoxy) is 1. The Morgan fingerprint density at radius 2 is 2.04 bits per heavy atom. The Morgan fingerprint density at radius 1 is 1.39 bits per heavy atom. The molecular formula is C15H26Cl2N4O2. The van der Waals surface area contributed by atoms with E-state index >= 15 is 0 Å². The molecule has 0 aliphatic carbocycles. The minimum atomic E-state index is -0.456. The van der Waals surface area contributed by atoms with Crippen molar-refractivity contribution in [1.29, 1.82) is 0 Å². The summed E-state index contributed by atoms with van der Waals surface area (Å²) >= 11 is 0. The Morgan fingerprint density at radius 3 is 2.57 bits per heavy atom. The van der Waals surface area contributed by atoms with Crippen LogP contribution >= 0.6 is 24.8 Å². The van der Waals surface area contributed by atoms with Gasteiger partial charge in [0.15, 0.2) is 0 Å². The SMILES string of the molecule is CN(C)c1ccc(CNC(=O)C(N)C2CCOCC2)cn1.Cl.Cl. The largest absolute Gasteiger partial charge is 0.381 e. The van der Waals surface area contributed by atoms with Crippen LogP contribution in [0.25, 0.3) is 0 Å². The van der Waals surface area contributed by atoms with Crippen molar-refractivity contribution in [3.63, 3.8) is 0 Å². The number of amides is 1. The van der Waals surface area contributed by atoms with Crippen molar-refractivity contribution in [3.8, 4) is 0 Å². The molecule has 2 heterocycles. The maximum absolute atomic E-state index is 12.1. The molecule has 3 N–H and O–H groups in total. The first kappa shape index (κ1) is 21.9. The van der Waals surface area contributed by atoms with Gasteiger partial charge in [0, 0.05) is 40.1 Å². The average Bonchev–Trinajstić information content (AvgIpc) is 2.53. The van der Waals surface area contributed by atoms with Gasteiger partial charge in [-0.3, -0.25) is 4.79 Å². The molecule has 1 saturated heterocycles. The number of aromatic nitrogens is 1. The molecule has 0 spiro atoms. The molecule has 0 aromatic carbocycles. The molecule has 23 heavy (non-hydrogen) atoms. The third kappa shape index (κ3) is 6.51. The standard InChI is InChI=1S/C15H24N4O2.2ClH/c1-19(2)13-4-3-11(9-17-13)10-18-15(20)14(16)12-5-7-21-8-6-12;;/h3-4,9,12,14H,5-8,10,16H2,1-2H3,(H,18,20);2*1H. The van der Waals surface area contributed by atoms with E-state index in [1.807, 2.05) is 31.1 Å². The van der Waals surface area contributed by atoms with Crippen molar-refractivity contribution >= 4 is 36.5 Å². The monoisotopic (exact) mass is 364 g/mol. The van der Waals surface area contributed by atoms with Gasteiger partial charge in [-0.05, 0) is 30.4 Å². The second kappa shape index (κ2) is 10.6. The van der Waals surface area contributed by atoms with Crippen LogP contribution in [-0.4, -0.2) is 44.2 Å². The summed E-state index contributed by atoms with van der Waals surface area (Å²) in [7, 11) is 3.88. The van der Waals surface area contributed by atoms with Crippen LogP contribution in [0.4, 0.5) is 5.82 Å². The van der Waals surface area contributed by atoms with E-state index in [9.17, 15) is 4.79 Å². The highest BCUT2D eigenvalue weighted by atomic mass is 35.5. The zero-order valence-electron chi connectivity index (χ0n) is 13.5. The summed E-state index contributed by atoms with van der Waals surface area (Å²) in [5.74, 6) is 1.01. The molecule has 1 aromatic rings. The van der Waals surface area contributed by atoms with Gasteiger partial charge in [0.25, 0.3) is 0 Å². The van der Waals surface area contributed by atoms with Gasteiger partial charge in [-0.25, -0.2) is 4.98 Å². The Balaban J connectivity index is 0.00000242. The van der Waals surface area contributed by atoms with Crippen molar-refractivity contribution < 1.29 is 9.53 Å². The predicted octanol–water partition coefficient (Wildman–Crippen LogP) is 1.36. The lowest BCUT2D eigenvalue weighted by molar-refractivity contribution is -0.124. The zero-order valence-corrected chi connectivity index (χ0v) is 15.2. The van der Waals surface area contributed by atoms with Crippen LogP contribution in [0.2, 0.25) is 0 Å². The lowest BCUT2D eigenvalue weighted by Crippen LogP contribution is -2.46. The normalized spacial score (nSPS) is 15.8. The van der Waals surface area contributed by atoms with Gasteiger partial charge in [0.1, 0.15) is 5.82 Å². The number of nitrogens with one attached hydrogen (secondary N) is 1. The molecule has 1 aliphatic rings. The Bertz CT molecular complexity index is 465. The van der Waals surface area contributed by atoms with Crippen LogP contribution in [0.1, 0.15) is 18.4 Å². The third-order valence-corrected chi connectivity index (χ3v) is 3.81. The highest BCUT2D eigenvalue weighted by Crippen LogP contribution is 2.17. The summed E-state index contributed by atoms with van der Waals surface area (Å²) in [5, 5.41) is 2.89. The number of hydrogen-bond acceptors (Lipinski definition) is 5. The summed E-state index contributed by atoms with van der Waals surface area (Å²) in [6.45, 7) is 1.85. The Hall–Kier alpha value is -1.08. The quantitative estimate of drug-likeness (QED) is 0.824. The summed E-state index contributed by atoms with van der Waals surface area (Å²) in [6.07, 6.45) is 3.48. The fourth-order valence-corrected chi connectivity index (χ4v) is 2.38. The maximum Gasteiger partial charge on any atom is 0.237 e. The number of hydrogen-bond donors (Lipinski definition) is 2. The molecule has 1 atom stereocenters. The number of nitrogens with two attached hydrogens (primary N) is 1. The van der Waals surface area contributed by atoms with Crippen LogP contribution < -0.4 is 16.0 Å². The zero-order chi connectivity index (χ0) is 15.2. The fraction of sp³-hybridized carbons (Fsp3) is 0.600. The first-order valence-electron chi connectivity index (χ1n) is 7.31. The van der Waals surface area contributed by atoms with Gasteiger partial charge in [0.05, 0.1) is 6.04 Å². The minimum Gasteiger partial charge on any atom is -0.381 e. The van der Waals surface area contributed by atoms with Crippen LogP contribution in [0.5, 0.6) is 0 Å². The number of pyridine rings is 1. The van der Waals surface area contributed by atoms with E-state index in [1.165, 1.54) is 0 Å². The van der Waals surface area contributed by atoms with Crippen LogP contribution in [0, 0.1) is 5.92 Å². The maximum atomic E-state index is 12.1. The number of rotatable bonds is 5. The molecule has 1 amide bonds. The van der Waals surface area contributed by atoms with Crippen molar-refractivity contribution in [2.24, 2.45) is 11.7 Å². The number of nitrogens with zero attached hydrogens (tertiary/aromatic N) is 2. The first-order valence-corrected chi connectivity index (χ1v) is 7.31. The minimum absolute atomic E-state index is 0. The molecule has 1 fully saturated rings. The van der Waals surface area contributed by atoms with E-state index < -0.39 is 6.04 Å². The van der Waals surface area contributed by atoms with Crippen molar-refractivity contribution in [3.05, 3.63) is 23.9 Å². The molecule has 0 bridgehead atoms. The number of carbonyl (C=O) groups is 1. The summed E-state index contributed by atoms with van der Waals surface area (Å²) in [6, 6.07) is 3.44. The molecule has 0 radical (unpaired) electrons. The van der Waals surface area contributed by atoms with E-state index in [0.29, 0.717) is 19.8 Å². The van der Waals surface area contributed by atoms with Gasteiger partial charge in [-0.1, -0.05) is 6.07 Å². The Labute approximate surface area is 150 Å². The number of carbonyl (C=O) groups excluding carboxylic acids is 1. The molecular weight excluding hydrogens is 339 g/mol. The molecule has 1 aliphatic heterocycles. The second-order valence-corrected chi connectivity index (χ2v) is 5.61. The topological polar surface area (TPSA) is 80.5 Å². The van der Waals surface area contributed by atoms with E-state index in [0.717, 1.165) is 24.2 Å². The van der Waals surface area contributed by atoms with Crippen molar-refractivity contribution in [1.82, 2.24) is 10.3 Å². The van der Waals surface area contributed by atoms with Gasteiger partial charge < -0.3 is 20.7 Å². The molecule has 6 nitrogen and oxygen atoms in total. The van der Waals surface area contributed by atoms with Crippen LogP contribution in [0.3, 0.4) is 0 Å². The smallest absolute Gasteiger partial charge is 0.237 e. The van der Waals surface area contributed by atoms with Gasteiger partial charge in [-0.15, -0.1) is 24.8 Å². The van der Waals surface area contributed by atoms with Crippen molar-refractivity contribution in [2.45, 2.75) is 25.4 Å². The number of anilines is 1. The highest BCUT2D eigenvalue weighted by Gasteiger charge is 2.26. The Kier molecular flexibility index (Phi) is 10.1. The lowest BCUT2D eigenvalue weighted by atomic mass is 9.92. The fourth-order valence-electron chi connectivity index (χ4n) is 2.38. The van der Waals surface area contributed by atoms with E-state index in [2.05, 4.69) is 10.3 Å². The highest BCUT2D eigenvalue weighted by molar-refractivity contribution is 5.85. The molecule has 2 rings (SSSR count). The second-order valence-electron chi connectivity index (χ2n) is 5.61. The summed E-state index contributed by atoms with van der Waals surface area (Å²) in [4.78, 5) is 18.3. The summed E-state index contributed by atoms with van der Waals surface area (Å²) < 4.78 is 5.29. The lowest BCUT2D eigenvalue weighted by Gasteiger charge is -2.26. The van der Waals surface area contributed by atoms with Gasteiger partial charge in [-0.2, -0.15) is 0 Å². The molecule has 8 heteroatoms. The predicted molar refractivity (Wildman–Crippen MR) is 96.4 cm³/mol. The molecule has 132 valence electrons. The number of halogens is 2. The van der Waals surface area contributed by atoms with E-state index in [4.69, 9.17) is 10.5 Å². The van der Waals surface area contributed by atoms with Gasteiger partial charge >= 0.3 is 0 Å². The average molecular weight is 365 g/mol. The molecule has 1 aromatic heterocycles. The van der Waals surface area contributed by atoms with Gasteiger partial charge in [0.2, 0.25) is 5.91 Å². The van der Waals surface area contributed by atoms with Crippen LogP contribution in [-0.2, 0) is 16.1 Å². The summed E-state index contributed by atoms with van der Waals surface area (Å²) in [5.41, 5.74) is 7.00.